The molecule has 2 aliphatic heterocycles. The van der Waals surface area contributed by atoms with Crippen LogP contribution in [0.4, 0.5) is 0 Å². The molecule has 2 fully saturated rings. The summed E-state index contributed by atoms with van der Waals surface area (Å²) in [5.41, 5.74) is -0.937. The molecule has 178 valence electrons. The average Bonchev–Trinajstić information content (AvgIpc) is 2.91. The highest BCUT2D eigenvalue weighted by molar-refractivity contribution is 7.57. The van der Waals surface area contributed by atoms with Crippen LogP contribution in [0.5, 0.6) is 0 Å². The van der Waals surface area contributed by atoms with E-state index in [0.29, 0.717) is 6.42 Å². The molecular weight excluding hydrogens is 442 g/mol. The van der Waals surface area contributed by atoms with Gasteiger partial charge in [0, 0.05) is 38.5 Å². The monoisotopic (exact) mass is 478 g/mol. The van der Waals surface area contributed by atoms with Crippen molar-refractivity contribution in [3.8, 4) is 6.07 Å². The number of hydrogen-bond donors (Lipinski definition) is 0. The van der Waals surface area contributed by atoms with Gasteiger partial charge >= 0.3 is 7.60 Å². The maximum absolute atomic E-state index is 12.6. The van der Waals surface area contributed by atoms with E-state index in [2.05, 4.69) is 38.4 Å². The molecular formula is C20H36N2O7P2. The van der Waals surface area contributed by atoms with Crippen LogP contribution in [0.25, 0.3) is 0 Å². The Labute approximate surface area is 187 Å². The lowest BCUT2D eigenvalue weighted by Gasteiger charge is -2.43. The fourth-order valence-electron chi connectivity index (χ4n) is 3.91. The number of nitriles is 1. The number of rotatable bonds is 12. The van der Waals surface area contributed by atoms with Crippen molar-refractivity contribution in [1.29, 1.82) is 5.26 Å². The second kappa shape index (κ2) is 11.7. The first-order valence-corrected chi connectivity index (χ1v) is 13.3. The second-order valence-corrected chi connectivity index (χ2v) is 11.8. The summed E-state index contributed by atoms with van der Waals surface area (Å²) in [6, 6.07) is 2.45. The molecule has 0 amide bonds. The minimum atomic E-state index is -3.38. The van der Waals surface area contributed by atoms with Crippen LogP contribution in [0, 0.1) is 11.3 Å². The summed E-state index contributed by atoms with van der Waals surface area (Å²) in [6.07, 6.45) is 1.94. The first-order valence-electron chi connectivity index (χ1n) is 10.6. The highest BCUT2D eigenvalue weighted by Crippen LogP contribution is 2.54. The van der Waals surface area contributed by atoms with Gasteiger partial charge in [-0.15, -0.1) is 0 Å². The molecule has 0 saturated carbocycles. The molecule has 0 radical (unpaired) electrons. The zero-order chi connectivity index (χ0) is 23.2. The van der Waals surface area contributed by atoms with Crippen LogP contribution in [-0.2, 0) is 32.1 Å². The summed E-state index contributed by atoms with van der Waals surface area (Å²) >= 11 is 0. The van der Waals surface area contributed by atoms with Gasteiger partial charge in [0.2, 0.25) is 0 Å². The largest absolute Gasteiger partial charge is 0.372 e. The highest BCUT2D eigenvalue weighted by Gasteiger charge is 2.57. The van der Waals surface area contributed by atoms with Crippen molar-refractivity contribution < 1.29 is 32.1 Å². The third-order valence-electron chi connectivity index (χ3n) is 5.24. The second-order valence-electron chi connectivity index (χ2n) is 8.26. The summed E-state index contributed by atoms with van der Waals surface area (Å²) < 4.78 is 49.8. The molecule has 2 heterocycles. The van der Waals surface area contributed by atoms with Gasteiger partial charge in [-0.25, -0.2) is 4.67 Å². The average molecular weight is 478 g/mol. The van der Waals surface area contributed by atoms with Crippen molar-refractivity contribution in [2.75, 3.05) is 27.4 Å². The lowest BCUT2D eigenvalue weighted by molar-refractivity contribution is -0.131. The highest BCUT2D eigenvalue weighted by atomic mass is 31.2. The van der Waals surface area contributed by atoms with Crippen molar-refractivity contribution in [1.82, 2.24) is 4.67 Å². The zero-order valence-corrected chi connectivity index (χ0v) is 21.3. The van der Waals surface area contributed by atoms with Gasteiger partial charge in [0.05, 0.1) is 37.9 Å². The van der Waals surface area contributed by atoms with Crippen LogP contribution < -0.4 is 0 Å². The lowest BCUT2D eigenvalue weighted by Crippen LogP contribution is -2.53. The Morgan fingerprint density at radius 3 is 2.48 bits per heavy atom. The van der Waals surface area contributed by atoms with E-state index >= 15 is 0 Å². The van der Waals surface area contributed by atoms with Crippen LogP contribution in [-0.4, -0.2) is 68.1 Å². The molecule has 0 aromatic rings. The van der Waals surface area contributed by atoms with Crippen molar-refractivity contribution in [2.24, 2.45) is 0 Å². The number of ether oxygens (including phenoxy) is 2. The maximum atomic E-state index is 12.6. The molecule has 0 aromatic carbocycles. The van der Waals surface area contributed by atoms with E-state index in [-0.39, 0.29) is 43.9 Å². The van der Waals surface area contributed by atoms with Crippen molar-refractivity contribution in [2.45, 2.75) is 83.5 Å². The normalized spacial score (nSPS) is 29.9. The van der Waals surface area contributed by atoms with Gasteiger partial charge in [-0.05, 0) is 40.7 Å². The summed E-state index contributed by atoms with van der Waals surface area (Å²) in [5, 5.41) is 8.94. The summed E-state index contributed by atoms with van der Waals surface area (Å²) in [6.45, 7) is 10.9. The quantitative estimate of drug-likeness (QED) is 0.294. The van der Waals surface area contributed by atoms with Crippen molar-refractivity contribution in [3.63, 3.8) is 0 Å². The lowest BCUT2D eigenvalue weighted by atomic mass is 9.90. The number of nitrogens with zero attached hydrogens (tertiary/aromatic N) is 2. The summed E-state index contributed by atoms with van der Waals surface area (Å²) in [5.74, 6) is 1.41. The molecule has 31 heavy (non-hydrogen) atoms. The van der Waals surface area contributed by atoms with Crippen molar-refractivity contribution in [3.05, 3.63) is 11.9 Å². The minimum absolute atomic E-state index is 0.0569. The maximum Gasteiger partial charge on any atom is 0.353 e. The SMILES string of the molecule is COP(=O)(/C=C/[C@@]12CO[C@@H](C[C@H](C)O1)[C@@H]2OP(OCCC#N)N(C(C)C)C(C)C)OC. The minimum Gasteiger partial charge on any atom is -0.372 e. The van der Waals surface area contributed by atoms with Gasteiger partial charge in [-0.2, -0.15) is 5.26 Å². The van der Waals surface area contributed by atoms with Crippen LogP contribution in [0.15, 0.2) is 11.9 Å². The van der Waals surface area contributed by atoms with Gasteiger partial charge in [-0.1, -0.05) is 0 Å². The molecule has 0 aliphatic carbocycles. The van der Waals surface area contributed by atoms with Crippen LogP contribution in [0.2, 0.25) is 0 Å². The Kier molecular flexibility index (Phi) is 10.1. The Hall–Kier alpha value is -0.390. The molecule has 2 saturated heterocycles. The standard InChI is InChI=1S/C20H36N2O7P2/c1-15(2)22(16(3)4)30(27-11-8-10-21)29-19-18-13-17(5)28-20(19,14-26-18)9-12-31(23,24-6)25-7/h9,12,15-19H,8,11,13-14H2,1-7H3/b12-9+/t17-,18-,19-,20-,30?/m0/s1. The topological polar surface area (TPSA) is 99.5 Å². The molecule has 0 N–H and O–H groups in total. The van der Waals surface area contributed by atoms with E-state index in [0.717, 1.165) is 0 Å². The predicted molar refractivity (Wildman–Crippen MR) is 118 cm³/mol. The Morgan fingerprint density at radius 1 is 1.29 bits per heavy atom. The van der Waals surface area contributed by atoms with Crippen LogP contribution in [0.1, 0.15) is 47.5 Å². The third kappa shape index (κ3) is 6.57. The van der Waals surface area contributed by atoms with E-state index in [9.17, 15) is 4.57 Å². The van der Waals surface area contributed by atoms with Crippen LogP contribution >= 0.6 is 16.1 Å². The molecule has 0 aromatic heterocycles. The fraction of sp³-hybridized carbons (Fsp3) is 0.850. The number of fused-ring (bicyclic) bond motifs is 2. The van der Waals surface area contributed by atoms with Gasteiger partial charge < -0.3 is 27.6 Å². The molecule has 9 nitrogen and oxygen atoms in total. The molecule has 1 unspecified atom stereocenters. The van der Waals surface area contributed by atoms with E-state index in [1.165, 1.54) is 20.0 Å². The molecule has 2 bridgehead atoms. The summed E-state index contributed by atoms with van der Waals surface area (Å²) in [7, 11) is -2.19. The van der Waals surface area contributed by atoms with Crippen molar-refractivity contribution >= 4 is 16.1 Å². The Morgan fingerprint density at radius 2 is 1.94 bits per heavy atom. The number of hydrogen-bond acceptors (Lipinski definition) is 9. The van der Waals surface area contributed by atoms with E-state index < -0.39 is 27.8 Å². The van der Waals surface area contributed by atoms with Gasteiger partial charge in [0.15, 0.2) is 0 Å². The molecule has 5 atom stereocenters. The van der Waals surface area contributed by atoms with E-state index in [1.54, 1.807) is 6.08 Å². The van der Waals surface area contributed by atoms with Gasteiger partial charge in [0.1, 0.15) is 11.7 Å². The van der Waals surface area contributed by atoms with Gasteiger partial charge in [0.25, 0.3) is 8.53 Å². The predicted octanol–water partition coefficient (Wildman–Crippen LogP) is 4.59. The Balaban J connectivity index is 2.35. The summed E-state index contributed by atoms with van der Waals surface area (Å²) in [4.78, 5) is 0. The molecule has 11 heteroatoms. The molecule has 0 spiro atoms. The Bertz CT molecular complexity index is 684. The fourth-order valence-corrected chi connectivity index (χ4v) is 6.55. The van der Waals surface area contributed by atoms with E-state index in [1.807, 2.05) is 6.92 Å². The first-order chi connectivity index (χ1) is 14.6. The van der Waals surface area contributed by atoms with Crippen LogP contribution in [0.3, 0.4) is 0 Å². The zero-order valence-electron chi connectivity index (χ0n) is 19.5. The smallest absolute Gasteiger partial charge is 0.353 e. The molecule has 2 aliphatic rings. The third-order valence-corrected chi connectivity index (χ3v) is 8.89. The molecule has 2 rings (SSSR count). The van der Waals surface area contributed by atoms with Gasteiger partial charge in [-0.3, -0.25) is 4.57 Å². The van der Waals surface area contributed by atoms with E-state index in [4.69, 9.17) is 32.8 Å². The first kappa shape index (κ1) is 26.9.